The smallest absolute Gasteiger partial charge is 0.227 e. The lowest BCUT2D eigenvalue weighted by atomic mass is 10.1. The molecule has 4 heterocycles. The van der Waals surface area contributed by atoms with E-state index in [1.54, 1.807) is 19.5 Å². The zero-order chi connectivity index (χ0) is 23.9. The molecule has 0 saturated heterocycles. The van der Waals surface area contributed by atoms with E-state index in [-0.39, 0.29) is 0 Å². The molecule has 10 nitrogen and oxygen atoms in total. The molecule has 0 bridgehead atoms. The second kappa shape index (κ2) is 8.29. The maximum Gasteiger partial charge on any atom is 0.227 e. The summed E-state index contributed by atoms with van der Waals surface area (Å²) in [6, 6.07) is 10.2. The number of hydrogen-bond acceptors (Lipinski definition) is 8. The average molecular weight is 464 g/mol. The zero-order valence-electron chi connectivity index (χ0n) is 19.2. The summed E-state index contributed by atoms with van der Waals surface area (Å²) in [7, 11) is 3.48. The summed E-state index contributed by atoms with van der Waals surface area (Å²) >= 11 is 0. The highest BCUT2D eigenvalue weighted by molar-refractivity contribution is 5.79. The van der Waals surface area contributed by atoms with Gasteiger partial charge in [0.05, 0.1) is 24.7 Å². The van der Waals surface area contributed by atoms with Gasteiger partial charge in [0, 0.05) is 31.1 Å². The Morgan fingerprint density at radius 2 is 1.97 bits per heavy atom. The molecule has 172 valence electrons. The Hall–Kier alpha value is -4.65. The number of aromatic nitrogens is 8. The van der Waals surface area contributed by atoms with Crippen LogP contribution in [-0.2, 0) is 13.5 Å². The summed E-state index contributed by atoms with van der Waals surface area (Å²) in [6.07, 6.45) is 7.79. The van der Waals surface area contributed by atoms with Gasteiger partial charge in [0.25, 0.3) is 0 Å². The van der Waals surface area contributed by atoms with E-state index >= 15 is 0 Å². The van der Waals surface area contributed by atoms with Crippen LogP contribution in [-0.4, -0.2) is 46.8 Å². The lowest BCUT2D eigenvalue weighted by molar-refractivity contribution is 0.397. The van der Waals surface area contributed by atoms with Crippen molar-refractivity contribution in [2.45, 2.75) is 25.2 Å². The molecular formula is C25H21N9O. The molecule has 5 aromatic rings. The van der Waals surface area contributed by atoms with E-state index in [9.17, 15) is 0 Å². The standard InChI is InChI=1S/C25H21N9O/c1-34-12-17(10-26)30-24(34)16-5-3-14(4-6-16)9-18-22-19(33-32-18)11-27-23(31-22)20-21(15-7-8-15)28-13-29-25(20)35-2/h3-6,11-13,15H,7-9H2,1-2H3,(H,32,33). The van der Waals surface area contributed by atoms with Gasteiger partial charge in [0.1, 0.15) is 34.8 Å². The van der Waals surface area contributed by atoms with E-state index in [1.807, 2.05) is 35.9 Å². The van der Waals surface area contributed by atoms with Gasteiger partial charge >= 0.3 is 0 Å². The molecule has 10 heteroatoms. The Bertz CT molecular complexity index is 1590. The topological polar surface area (TPSA) is 131 Å². The average Bonchev–Trinajstić information content (AvgIpc) is 3.57. The monoisotopic (exact) mass is 463 g/mol. The van der Waals surface area contributed by atoms with Gasteiger partial charge < -0.3 is 9.30 Å². The van der Waals surface area contributed by atoms with Gasteiger partial charge in [0.2, 0.25) is 5.88 Å². The first-order valence-corrected chi connectivity index (χ1v) is 11.3. The Morgan fingerprint density at radius 3 is 2.69 bits per heavy atom. The molecule has 0 unspecified atom stereocenters. The van der Waals surface area contributed by atoms with Gasteiger partial charge in [-0.3, -0.25) is 5.10 Å². The fraction of sp³-hybridized carbons (Fsp3) is 0.240. The third kappa shape index (κ3) is 3.77. The number of imidazole rings is 1. The largest absolute Gasteiger partial charge is 0.480 e. The van der Waals surface area contributed by atoms with Gasteiger partial charge in [0.15, 0.2) is 11.5 Å². The molecule has 0 radical (unpaired) electrons. The van der Waals surface area contributed by atoms with Gasteiger partial charge in [-0.15, -0.1) is 0 Å². The van der Waals surface area contributed by atoms with Crippen LogP contribution in [0.5, 0.6) is 5.88 Å². The number of methoxy groups -OCH3 is 1. The van der Waals surface area contributed by atoms with Crippen molar-refractivity contribution >= 4 is 11.0 Å². The summed E-state index contributed by atoms with van der Waals surface area (Å²) in [5.74, 6) is 2.17. The van der Waals surface area contributed by atoms with Gasteiger partial charge in [-0.1, -0.05) is 24.3 Å². The Morgan fingerprint density at radius 1 is 1.14 bits per heavy atom. The van der Waals surface area contributed by atoms with E-state index in [2.05, 4.69) is 36.2 Å². The van der Waals surface area contributed by atoms with Crippen LogP contribution in [0.2, 0.25) is 0 Å². The Kier molecular flexibility index (Phi) is 4.95. The Labute approximate surface area is 200 Å². The quantitative estimate of drug-likeness (QED) is 0.404. The predicted molar refractivity (Wildman–Crippen MR) is 127 cm³/mol. The first-order valence-electron chi connectivity index (χ1n) is 11.3. The minimum atomic E-state index is 0.395. The molecule has 1 aromatic carbocycles. The number of hydrogen-bond donors (Lipinski definition) is 1. The van der Waals surface area contributed by atoms with Crippen LogP contribution in [0.25, 0.3) is 33.8 Å². The number of fused-ring (bicyclic) bond motifs is 1. The summed E-state index contributed by atoms with van der Waals surface area (Å²) in [4.78, 5) is 22.6. The second-order valence-corrected chi connectivity index (χ2v) is 8.59. The van der Waals surface area contributed by atoms with E-state index in [4.69, 9.17) is 15.0 Å². The molecule has 0 amide bonds. The third-order valence-electron chi connectivity index (χ3n) is 6.17. The molecule has 4 aromatic heterocycles. The van der Waals surface area contributed by atoms with Crippen molar-refractivity contribution in [3.63, 3.8) is 0 Å². The molecule has 0 spiro atoms. The molecule has 1 saturated carbocycles. The third-order valence-corrected chi connectivity index (χ3v) is 6.17. The Balaban J connectivity index is 1.33. The highest BCUT2D eigenvalue weighted by Gasteiger charge is 2.31. The number of nitrogens with one attached hydrogen (secondary N) is 1. The maximum absolute atomic E-state index is 9.10. The van der Waals surface area contributed by atoms with Crippen LogP contribution >= 0.6 is 0 Å². The minimum Gasteiger partial charge on any atom is -0.480 e. The fourth-order valence-electron chi connectivity index (χ4n) is 4.27. The van der Waals surface area contributed by atoms with Crippen molar-refractivity contribution in [1.29, 1.82) is 5.26 Å². The number of nitriles is 1. The summed E-state index contributed by atoms with van der Waals surface area (Å²) in [6.45, 7) is 0. The number of rotatable bonds is 6. The lowest BCUT2D eigenvalue weighted by Gasteiger charge is -2.10. The van der Waals surface area contributed by atoms with Crippen LogP contribution in [0.1, 0.15) is 41.4 Å². The van der Waals surface area contributed by atoms with Gasteiger partial charge in [-0.25, -0.2) is 24.9 Å². The van der Waals surface area contributed by atoms with Crippen LogP contribution < -0.4 is 4.74 Å². The molecule has 1 N–H and O–H groups in total. The number of H-pyrrole nitrogens is 1. The van der Waals surface area contributed by atoms with Crippen molar-refractivity contribution in [2.24, 2.45) is 7.05 Å². The van der Waals surface area contributed by atoms with Crippen LogP contribution in [0.3, 0.4) is 0 Å². The molecule has 6 rings (SSSR count). The number of aromatic amines is 1. The van der Waals surface area contributed by atoms with E-state index in [1.165, 1.54) is 6.33 Å². The normalized spacial score (nSPS) is 13.2. The van der Waals surface area contributed by atoms with Gasteiger partial charge in [-0.05, 0) is 18.4 Å². The number of aryl methyl sites for hydroxylation is 1. The number of ether oxygens (including phenoxy) is 1. The van der Waals surface area contributed by atoms with Gasteiger partial charge in [-0.2, -0.15) is 10.4 Å². The van der Waals surface area contributed by atoms with Crippen molar-refractivity contribution in [3.05, 3.63) is 65.6 Å². The molecule has 35 heavy (non-hydrogen) atoms. The van der Waals surface area contributed by atoms with Crippen molar-refractivity contribution < 1.29 is 4.74 Å². The van der Waals surface area contributed by atoms with E-state index in [0.717, 1.165) is 57.8 Å². The van der Waals surface area contributed by atoms with Crippen LogP contribution in [0.15, 0.2) is 43.0 Å². The minimum absolute atomic E-state index is 0.395. The van der Waals surface area contributed by atoms with Crippen molar-refractivity contribution in [1.82, 2.24) is 39.7 Å². The highest BCUT2D eigenvalue weighted by atomic mass is 16.5. The summed E-state index contributed by atoms with van der Waals surface area (Å²) < 4.78 is 7.38. The molecule has 1 fully saturated rings. The SMILES string of the molecule is COc1ncnc(C2CC2)c1-c1ncc2[nH]nc(Cc3ccc(-c4nc(C#N)cn4C)cc3)c2n1. The fourth-order valence-corrected chi connectivity index (χ4v) is 4.27. The first-order chi connectivity index (χ1) is 17.1. The van der Waals surface area contributed by atoms with Crippen molar-refractivity contribution in [3.8, 4) is 34.7 Å². The van der Waals surface area contributed by atoms with E-state index in [0.29, 0.717) is 29.7 Å². The molecule has 1 aliphatic carbocycles. The molecule has 0 atom stereocenters. The maximum atomic E-state index is 9.10. The molecule has 0 aliphatic heterocycles. The van der Waals surface area contributed by atoms with E-state index < -0.39 is 0 Å². The first kappa shape index (κ1) is 20.9. The van der Waals surface area contributed by atoms with Crippen LogP contribution in [0.4, 0.5) is 0 Å². The van der Waals surface area contributed by atoms with Crippen LogP contribution in [0, 0.1) is 11.3 Å². The lowest BCUT2D eigenvalue weighted by Crippen LogP contribution is -2.02. The number of benzene rings is 1. The molecule has 1 aliphatic rings. The predicted octanol–water partition coefficient (Wildman–Crippen LogP) is 3.56. The summed E-state index contributed by atoms with van der Waals surface area (Å²) in [5.41, 5.74) is 6.46. The zero-order valence-corrected chi connectivity index (χ0v) is 19.2. The number of nitrogens with zero attached hydrogens (tertiary/aromatic N) is 8. The van der Waals surface area contributed by atoms with Crippen molar-refractivity contribution in [2.75, 3.05) is 7.11 Å². The highest BCUT2D eigenvalue weighted by Crippen LogP contribution is 2.44. The summed E-state index contributed by atoms with van der Waals surface area (Å²) in [5, 5.41) is 16.6. The second-order valence-electron chi connectivity index (χ2n) is 8.59. The molecular weight excluding hydrogens is 442 g/mol.